The number of nitrogens with zero attached hydrogens (tertiary/aromatic N) is 2. The van der Waals surface area contributed by atoms with Crippen LogP contribution in [0.1, 0.15) is 48.0 Å². The van der Waals surface area contributed by atoms with E-state index in [1.807, 2.05) is 0 Å². The number of nitrogens with one attached hydrogen (secondary N) is 4. The number of anilines is 2. The van der Waals surface area contributed by atoms with Crippen molar-refractivity contribution in [3.63, 3.8) is 0 Å². The molecule has 1 fully saturated rings. The van der Waals surface area contributed by atoms with Crippen molar-refractivity contribution in [2.75, 3.05) is 11.9 Å². The van der Waals surface area contributed by atoms with E-state index < -0.39 is 55.4 Å². The van der Waals surface area contributed by atoms with Crippen molar-refractivity contribution in [1.82, 2.24) is 25.6 Å². The molecule has 0 spiro atoms. The summed E-state index contributed by atoms with van der Waals surface area (Å²) in [7, 11) is 0. The number of fused-ring (bicyclic) bond motifs is 1. The number of aromatic nitrogens is 3. The Bertz CT molecular complexity index is 1620. The number of ether oxygens (including phenoxy) is 1. The molecule has 0 bridgehead atoms. The predicted octanol–water partition coefficient (Wildman–Crippen LogP) is 7.59. The van der Waals surface area contributed by atoms with Gasteiger partial charge < -0.3 is 25.7 Å². The number of amides is 2. The standard InChI is InChI=1S/C27H24Cl2F8N6O3/c28-16-6-3-13(10-38-19(44)8-26(32,33)34)20(29)21(16)41-25-40-17-7-15(24(42-22(17)43-25)46-11-18(30)31)23(45)39-9-12-1-4-14(5-2-12)27(35,36)37/h3,6-7,9,14,18H,1-2,4-5,8,10-11H2,(H,38,44)(H,39,45)(H2,40,41,42,43). The molecule has 2 aromatic heterocycles. The molecule has 1 aliphatic carbocycles. The van der Waals surface area contributed by atoms with Crippen molar-refractivity contribution in [3.05, 3.63) is 51.1 Å². The van der Waals surface area contributed by atoms with Gasteiger partial charge in [0, 0.05) is 12.7 Å². The number of carbonyl (C=O) groups excluding carboxylic acids is 2. The van der Waals surface area contributed by atoms with Gasteiger partial charge in [0.25, 0.3) is 12.3 Å². The molecule has 2 amide bonds. The minimum Gasteiger partial charge on any atom is -0.471 e. The van der Waals surface area contributed by atoms with E-state index in [4.69, 9.17) is 27.9 Å². The third-order valence-corrected chi connectivity index (χ3v) is 7.53. The molecule has 1 saturated carbocycles. The third-order valence-electron chi connectivity index (χ3n) is 6.78. The molecule has 0 unspecified atom stereocenters. The number of imidazole rings is 1. The van der Waals surface area contributed by atoms with Crippen LogP contribution in [0, 0.1) is 5.92 Å². The molecule has 0 aliphatic heterocycles. The molecule has 0 atom stereocenters. The van der Waals surface area contributed by atoms with Crippen molar-refractivity contribution in [2.24, 2.45) is 5.92 Å². The average molecular weight is 703 g/mol. The molecule has 9 nitrogen and oxygen atoms in total. The first-order chi connectivity index (χ1) is 21.5. The zero-order valence-corrected chi connectivity index (χ0v) is 24.8. The Hall–Kier alpha value is -3.86. The summed E-state index contributed by atoms with van der Waals surface area (Å²) in [5, 5.41) is 7.33. The topological polar surface area (TPSA) is 121 Å². The zero-order valence-electron chi connectivity index (χ0n) is 23.3. The maximum absolute atomic E-state index is 13.0. The van der Waals surface area contributed by atoms with E-state index in [1.165, 1.54) is 24.4 Å². The molecular formula is C27H24Cl2F8N6O3. The van der Waals surface area contributed by atoms with Crippen LogP contribution < -0.4 is 20.7 Å². The highest BCUT2D eigenvalue weighted by molar-refractivity contribution is 6.39. The van der Waals surface area contributed by atoms with Crippen LogP contribution >= 0.6 is 23.2 Å². The first-order valence-corrected chi connectivity index (χ1v) is 14.2. The molecule has 4 rings (SSSR count). The lowest BCUT2D eigenvalue weighted by Gasteiger charge is -2.25. The molecule has 1 aliphatic rings. The summed E-state index contributed by atoms with van der Waals surface area (Å²) in [5.41, 5.74) is 0.580. The van der Waals surface area contributed by atoms with E-state index in [0.29, 0.717) is 5.57 Å². The van der Waals surface area contributed by atoms with Crippen LogP contribution in [0.3, 0.4) is 0 Å². The van der Waals surface area contributed by atoms with E-state index in [9.17, 15) is 44.7 Å². The second-order valence-electron chi connectivity index (χ2n) is 10.2. The van der Waals surface area contributed by atoms with Gasteiger partial charge in [-0.05, 0) is 43.4 Å². The summed E-state index contributed by atoms with van der Waals surface area (Å²) >= 11 is 12.6. The first kappa shape index (κ1) is 35.0. The average Bonchev–Trinajstić information content (AvgIpc) is 3.36. The van der Waals surface area contributed by atoms with Gasteiger partial charge in [-0.25, -0.2) is 8.78 Å². The van der Waals surface area contributed by atoms with Gasteiger partial charge in [-0.3, -0.25) is 9.59 Å². The monoisotopic (exact) mass is 702 g/mol. The minimum absolute atomic E-state index is 0.0453. The van der Waals surface area contributed by atoms with Crippen LogP contribution in [0.2, 0.25) is 10.0 Å². The highest BCUT2D eigenvalue weighted by atomic mass is 35.5. The third kappa shape index (κ3) is 9.34. The predicted molar refractivity (Wildman–Crippen MR) is 151 cm³/mol. The molecule has 0 radical (unpaired) electrons. The van der Waals surface area contributed by atoms with Gasteiger partial charge >= 0.3 is 12.4 Å². The Morgan fingerprint density at radius 2 is 1.78 bits per heavy atom. The van der Waals surface area contributed by atoms with Gasteiger partial charge in [0.2, 0.25) is 17.7 Å². The Morgan fingerprint density at radius 3 is 2.41 bits per heavy atom. The van der Waals surface area contributed by atoms with Crippen LogP contribution in [0.5, 0.6) is 5.88 Å². The summed E-state index contributed by atoms with van der Waals surface area (Å²) in [5.74, 6) is -4.08. The summed E-state index contributed by atoms with van der Waals surface area (Å²) in [6, 6.07) is 3.97. The zero-order chi connectivity index (χ0) is 33.8. The van der Waals surface area contributed by atoms with Crippen LogP contribution in [-0.4, -0.2) is 52.2 Å². The normalized spacial score (nSPS) is 15.6. The SMILES string of the molecule is O=C(CC(F)(F)F)NCc1ccc(Cl)c(Nc2nc3nc(OCC(F)F)c(C(=O)NC=C4CCC(C(F)(F)F)CC4)cc3[nH]2)c1Cl. The Morgan fingerprint density at radius 1 is 1.09 bits per heavy atom. The lowest BCUT2D eigenvalue weighted by atomic mass is 9.86. The fourth-order valence-electron chi connectivity index (χ4n) is 4.51. The number of benzene rings is 1. The van der Waals surface area contributed by atoms with Gasteiger partial charge in [-0.2, -0.15) is 36.3 Å². The van der Waals surface area contributed by atoms with Crippen LogP contribution in [0.4, 0.5) is 46.8 Å². The summed E-state index contributed by atoms with van der Waals surface area (Å²) in [6.07, 6.45) is -12.4. The van der Waals surface area contributed by atoms with E-state index in [0.717, 1.165) is 0 Å². The van der Waals surface area contributed by atoms with Crippen molar-refractivity contribution in [2.45, 2.75) is 57.4 Å². The molecular weight excluding hydrogens is 679 g/mol. The lowest BCUT2D eigenvalue weighted by Crippen LogP contribution is -2.28. The Kier molecular flexibility index (Phi) is 10.9. The minimum atomic E-state index is -4.70. The number of aromatic amines is 1. The molecule has 4 N–H and O–H groups in total. The summed E-state index contributed by atoms with van der Waals surface area (Å²) in [6.45, 7) is -1.46. The van der Waals surface area contributed by atoms with Crippen molar-refractivity contribution in [3.8, 4) is 5.88 Å². The van der Waals surface area contributed by atoms with Crippen LogP contribution in [-0.2, 0) is 11.3 Å². The fourth-order valence-corrected chi connectivity index (χ4v) is 5.04. The highest BCUT2D eigenvalue weighted by Crippen LogP contribution is 2.39. The second kappa shape index (κ2) is 14.3. The van der Waals surface area contributed by atoms with Crippen molar-refractivity contribution < 1.29 is 49.4 Å². The first-order valence-electron chi connectivity index (χ1n) is 13.4. The van der Waals surface area contributed by atoms with Crippen LogP contribution in [0.15, 0.2) is 30.0 Å². The highest BCUT2D eigenvalue weighted by Gasteiger charge is 2.40. The van der Waals surface area contributed by atoms with E-state index in [2.05, 4.69) is 30.9 Å². The number of carbonyl (C=O) groups is 2. The molecule has 0 saturated heterocycles. The number of hydrogen-bond donors (Lipinski definition) is 4. The molecule has 19 heteroatoms. The maximum atomic E-state index is 13.0. The molecule has 250 valence electrons. The number of allylic oxidation sites excluding steroid dienone is 1. The van der Waals surface area contributed by atoms with Crippen molar-refractivity contribution >= 4 is 57.8 Å². The number of halogens is 10. The summed E-state index contributed by atoms with van der Waals surface area (Å²) in [4.78, 5) is 35.6. The molecule has 3 aromatic rings. The number of pyridine rings is 1. The number of hydrogen-bond acceptors (Lipinski definition) is 6. The number of H-pyrrole nitrogens is 1. The molecule has 1 aromatic carbocycles. The smallest absolute Gasteiger partial charge is 0.397 e. The largest absolute Gasteiger partial charge is 0.471 e. The van der Waals surface area contributed by atoms with Crippen LogP contribution in [0.25, 0.3) is 11.2 Å². The molecule has 2 heterocycles. The van der Waals surface area contributed by atoms with E-state index >= 15 is 0 Å². The van der Waals surface area contributed by atoms with Gasteiger partial charge in [0.1, 0.15) is 12.0 Å². The lowest BCUT2D eigenvalue weighted by molar-refractivity contribution is -0.179. The number of alkyl halides is 8. The summed E-state index contributed by atoms with van der Waals surface area (Å²) < 4.78 is 107. The Labute approximate surface area is 265 Å². The second-order valence-corrected chi connectivity index (χ2v) is 11.0. The van der Waals surface area contributed by atoms with Gasteiger partial charge in [-0.15, -0.1) is 0 Å². The van der Waals surface area contributed by atoms with Gasteiger partial charge in [0.05, 0.1) is 27.2 Å². The fraction of sp³-hybridized carbons (Fsp3) is 0.407. The van der Waals surface area contributed by atoms with Crippen molar-refractivity contribution in [1.29, 1.82) is 0 Å². The van der Waals surface area contributed by atoms with E-state index in [1.54, 1.807) is 0 Å². The number of rotatable bonds is 10. The van der Waals surface area contributed by atoms with Gasteiger partial charge in [-0.1, -0.05) is 34.8 Å². The van der Waals surface area contributed by atoms with E-state index in [-0.39, 0.29) is 76.2 Å². The quantitative estimate of drug-likeness (QED) is 0.162. The maximum Gasteiger partial charge on any atom is 0.397 e. The van der Waals surface area contributed by atoms with Gasteiger partial charge in [0.15, 0.2) is 12.3 Å². The molecule has 46 heavy (non-hydrogen) atoms. The Balaban J connectivity index is 1.54.